The highest BCUT2D eigenvalue weighted by Crippen LogP contribution is 2.28. The van der Waals surface area contributed by atoms with Gasteiger partial charge in [-0.2, -0.15) is 5.10 Å². The first kappa shape index (κ1) is 14.8. The molecule has 0 bridgehead atoms. The number of rotatable bonds is 3. The van der Waals surface area contributed by atoms with Gasteiger partial charge in [-0.3, -0.25) is 4.79 Å². The van der Waals surface area contributed by atoms with Crippen molar-refractivity contribution in [3.8, 4) is 0 Å². The van der Waals surface area contributed by atoms with Gasteiger partial charge in [0.15, 0.2) is 11.6 Å². The first-order chi connectivity index (χ1) is 11.8. The van der Waals surface area contributed by atoms with Crippen LogP contribution in [0.5, 0.6) is 0 Å². The van der Waals surface area contributed by atoms with Gasteiger partial charge in [-0.15, -0.1) is 5.10 Å². The Hall–Kier alpha value is -2.75. The molecule has 120 valence electrons. The molecule has 0 N–H and O–H groups in total. The maximum Gasteiger partial charge on any atom is 0.166 e. The van der Waals surface area contributed by atoms with Crippen LogP contribution in [0, 0.1) is 5.92 Å². The van der Waals surface area contributed by atoms with E-state index in [0.717, 1.165) is 48.1 Å². The Morgan fingerprint density at radius 2 is 1.67 bits per heavy atom. The molecule has 24 heavy (non-hydrogen) atoms. The van der Waals surface area contributed by atoms with Crippen molar-refractivity contribution in [1.29, 1.82) is 0 Å². The molecule has 2 heterocycles. The molecule has 4 rings (SSSR count). The van der Waals surface area contributed by atoms with Crippen molar-refractivity contribution >= 4 is 22.4 Å². The van der Waals surface area contributed by atoms with E-state index < -0.39 is 0 Å². The first-order valence-electron chi connectivity index (χ1n) is 8.37. The van der Waals surface area contributed by atoms with Crippen molar-refractivity contribution in [3.63, 3.8) is 0 Å². The minimum absolute atomic E-state index is 0.103. The van der Waals surface area contributed by atoms with E-state index in [-0.39, 0.29) is 11.7 Å². The second kappa shape index (κ2) is 6.40. The third kappa shape index (κ3) is 2.75. The number of ketones is 1. The topological polar surface area (TPSA) is 46.1 Å². The summed E-state index contributed by atoms with van der Waals surface area (Å²) < 4.78 is 0. The Bertz CT molecular complexity index is 850. The number of benzene rings is 2. The molecular weight excluding hydrogens is 298 g/mol. The molecule has 1 saturated heterocycles. The van der Waals surface area contributed by atoms with Crippen molar-refractivity contribution in [1.82, 2.24) is 10.2 Å². The van der Waals surface area contributed by atoms with E-state index in [1.807, 2.05) is 42.5 Å². The standard InChI is InChI=1S/C20H19N3O/c24-19(15-6-2-1-3-7-15)16-10-12-23(13-11-16)20-18-9-5-4-8-17(18)14-21-22-20/h1-9,14,16H,10-13H2. The molecule has 1 fully saturated rings. The Balaban J connectivity index is 1.51. The number of aromatic nitrogens is 2. The number of piperidine rings is 1. The predicted octanol–water partition coefficient (Wildman–Crippen LogP) is 3.73. The lowest BCUT2D eigenvalue weighted by molar-refractivity contribution is 0.0900. The second-order valence-electron chi connectivity index (χ2n) is 6.25. The lowest BCUT2D eigenvalue weighted by atomic mass is 9.89. The van der Waals surface area contributed by atoms with Gasteiger partial charge in [0.2, 0.25) is 0 Å². The summed E-state index contributed by atoms with van der Waals surface area (Å²) in [5.74, 6) is 1.30. The van der Waals surface area contributed by atoms with Gasteiger partial charge in [0.05, 0.1) is 6.20 Å². The average molecular weight is 317 g/mol. The maximum absolute atomic E-state index is 12.6. The molecule has 2 aromatic carbocycles. The zero-order valence-electron chi connectivity index (χ0n) is 13.4. The highest BCUT2D eigenvalue weighted by atomic mass is 16.1. The normalized spacial score (nSPS) is 15.6. The Morgan fingerprint density at radius 3 is 2.46 bits per heavy atom. The van der Waals surface area contributed by atoms with Gasteiger partial charge in [-0.05, 0) is 12.8 Å². The van der Waals surface area contributed by atoms with E-state index in [4.69, 9.17) is 0 Å². The molecule has 0 radical (unpaired) electrons. The number of fused-ring (bicyclic) bond motifs is 1. The zero-order chi connectivity index (χ0) is 16.4. The van der Waals surface area contributed by atoms with Crippen molar-refractivity contribution in [2.75, 3.05) is 18.0 Å². The third-order valence-electron chi connectivity index (χ3n) is 4.77. The van der Waals surface area contributed by atoms with Crippen molar-refractivity contribution in [2.24, 2.45) is 5.92 Å². The van der Waals surface area contributed by atoms with Crippen LogP contribution in [0.4, 0.5) is 5.82 Å². The molecule has 1 aliphatic rings. The molecule has 4 nitrogen and oxygen atoms in total. The molecule has 4 heteroatoms. The highest BCUT2D eigenvalue weighted by molar-refractivity contribution is 5.98. The van der Waals surface area contributed by atoms with Gasteiger partial charge in [0, 0.05) is 35.3 Å². The van der Waals surface area contributed by atoms with Gasteiger partial charge in [-0.1, -0.05) is 54.6 Å². The van der Waals surface area contributed by atoms with Crippen molar-refractivity contribution in [3.05, 3.63) is 66.4 Å². The molecule has 0 saturated carbocycles. The van der Waals surface area contributed by atoms with Crippen LogP contribution in [-0.4, -0.2) is 29.1 Å². The van der Waals surface area contributed by atoms with Gasteiger partial charge in [0.1, 0.15) is 0 Å². The van der Waals surface area contributed by atoms with Crippen LogP contribution in [0.3, 0.4) is 0 Å². The fraction of sp³-hybridized carbons (Fsp3) is 0.250. The molecule has 3 aromatic rings. The molecule has 0 spiro atoms. The fourth-order valence-corrected chi connectivity index (χ4v) is 3.44. The summed E-state index contributed by atoms with van der Waals surface area (Å²) >= 11 is 0. The van der Waals surface area contributed by atoms with Crippen LogP contribution in [-0.2, 0) is 0 Å². The van der Waals surface area contributed by atoms with Crippen LogP contribution in [0.2, 0.25) is 0 Å². The van der Waals surface area contributed by atoms with E-state index in [9.17, 15) is 4.79 Å². The van der Waals surface area contributed by atoms with Crippen LogP contribution >= 0.6 is 0 Å². The minimum Gasteiger partial charge on any atom is -0.355 e. The summed E-state index contributed by atoms with van der Waals surface area (Å²) in [4.78, 5) is 14.9. The number of nitrogens with zero attached hydrogens (tertiary/aromatic N) is 3. The fourth-order valence-electron chi connectivity index (χ4n) is 3.44. The minimum atomic E-state index is 0.103. The van der Waals surface area contributed by atoms with E-state index in [1.165, 1.54) is 0 Å². The Morgan fingerprint density at radius 1 is 0.958 bits per heavy atom. The third-order valence-corrected chi connectivity index (χ3v) is 4.77. The number of carbonyl (C=O) groups excluding carboxylic acids is 1. The number of carbonyl (C=O) groups is 1. The second-order valence-corrected chi connectivity index (χ2v) is 6.25. The highest BCUT2D eigenvalue weighted by Gasteiger charge is 2.27. The summed E-state index contributed by atoms with van der Waals surface area (Å²) in [6.07, 6.45) is 3.52. The Labute approximate surface area is 141 Å². The molecule has 0 atom stereocenters. The van der Waals surface area contributed by atoms with Gasteiger partial charge in [-0.25, -0.2) is 0 Å². The van der Waals surface area contributed by atoms with Crippen LogP contribution in [0.1, 0.15) is 23.2 Å². The number of anilines is 1. The summed E-state index contributed by atoms with van der Waals surface area (Å²) in [6.45, 7) is 1.68. The molecule has 0 aliphatic carbocycles. The lowest BCUT2D eigenvalue weighted by Crippen LogP contribution is -2.37. The SMILES string of the molecule is O=C(c1ccccc1)C1CCN(c2nncc3ccccc23)CC1. The summed E-state index contributed by atoms with van der Waals surface area (Å²) in [7, 11) is 0. The Kier molecular flexibility index (Phi) is 3.95. The van der Waals surface area contributed by atoms with E-state index in [1.54, 1.807) is 6.20 Å². The number of hydrogen-bond acceptors (Lipinski definition) is 4. The van der Waals surface area contributed by atoms with E-state index in [0.29, 0.717) is 0 Å². The zero-order valence-corrected chi connectivity index (χ0v) is 13.4. The van der Waals surface area contributed by atoms with Gasteiger partial charge < -0.3 is 4.90 Å². The largest absolute Gasteiger partial charge is 0.355 e. The monoisotopic (exact) mass is 317 g/mol. The maximum atomic E-state index is 12.6. The quantitative estimate of drug-likeness (QED) is 0.691. The van der Waals surface area contributed by atoms with Gasteiger partial charge >= 0.3 is 0 Å². The van der Waals surface area contributed by atoms with Crippen LogP contribution in [0.25, 0.3) is 10.8 Å². The van der Waals surface area contributed by atoms with Crippen molar-refractivity contribution in [2.45, 2.75) is 12.8 Å². The number of hydrogen-bond donors (Lipinski definition) is 0. The summed E-state index contributed by atoms with van der Waals surface area (Å²) in [6, 6.07) is 17.8. The molecule has 0 unspecified atom stereocenters. The summed E-state index contributed by atoms with van der Waals surface area (Å²) in [5.41, 5.74) is 0.820. The smallest absolute Gasteiger partial charge is 0.166 e. The molecule has 1 aliphatic heterocycles. The van der Waals surface area contributed by atoms with Crippen LogP contribution < -0.4 is 4.90 Å². The lowest BCUT2D eigenvalue weighted by Gasteiger charge is -2.32. The average Bonchev–Trinajstić information content (AvgIpc) is 2.68. The van der Waals surface area contributed by atoms with E-state index in [2.05, 4.69) is 27.2 Å². The van der Waals surface area contributed by atoms with Crippen molar-refractivity contribution < 1.29 is 4.79 Å². The van der Waals surface area contributed by atoms with E-state index >= 15 is 0 Å². The van der Waals surface area contributed by atoms with Crippen LogP contribution in [0.15, 0.2) is 60.8 Å². The molecular formula is C20H19N3O. The number of Topliss-reactive ketones (excluding diaryl/α,β-unsaturated/α-hetero) is 1. The predicted molar refractivity (Wildman–Crippen MR) is 95.2 cm³/mol. The molecule has 1 aromatic heterocycles. The van der Waals surface area contributed by atoms with Gasteiger partial charge in [0.25, 0.3) is 0 Å². The first-order valence-corrected chi connectivity index (χ1v) is 8.37. The molecule has 0 amide bonds. The summed E-state index contributed by atoms with van der Waals surface area (Å²) in [5, 5.41) is 10.7.